The van der Waals surface area contributed by atoms with E-state index < -0.39 is 29.0 Å². The van der Waals surface area contributed by atoms with Gasteiger partial charge in [-0.3, -0.25) is 0 Å². The molecule has 0 amide bonds. The smallest absolute Gasteiger partial charge is 0.402 e. The summed E-state index contributed by atoms with van der Waals surface area (Å²) in [6.07, 6.45) is -3.20. The summed E-state index contributed by atoms with van der Waals surface area (Å²) in [6.45, 7) is -1.64. The van der Waals surface area contributed by atoms with Crippen LogP contribution in [-0.4, -0.2) is 49.1 Å². The highest BCUT2D eigenvalue weighted by molar-refractivity contribution is 7.87. The van der Waals surface area contributed by atoms with Crippen LogP contribution in [0.25, 0.3) is 0 Å². The van der Waals surface area contributed by atoms with Gasteiger partial charge in [0, 0.05) is 6.54 Å². The fourth-order valence-corrected chi connectivity index (χ4v) is 3.24. The molecule has 4 N–H and O–H groups in total. The van der Waals surface area contributed by atoms with Crippen LogP contribution in [0.4, 0.5) is 13.2 Å². The molecule has 0 aromatic heterocycles. The zero-order valence-electron chi connectivity index (χ0n) is 9.89. The van der Waals surface area contributed by atoms with Gasteiger partial charge in [0.25, 0.3) is 10.2 Å². The molecule has 0 spiro atoms. The van der Waals surface area contributed by atoms with Crippen molar-refractivity contribution in [2.75, 3.05) is 13.1 Å². The predicted octanol–water partition coefficient (Wildman–Crippen LogP) is -0.0160. The number of amidine groups is 1. The average molecular weight is 304 g/mol. The summed E-state index contributed by atoms with van der Waals surface area (Å²) in [5.41, 5.74) is 5.36. The lowest BCUT2D eigenvalue weighted by Gasteiger charge is -2.33. The van der Waals surface area contributed by atoms with Gasteiger partial charge in [0.1, 0.15) is 6.54 Å². The zero-order chi connectivity index (χ0) is 14.7. The number of hydrogen-bond donors (Lipinski definition) is 3. The number of halogens is 3. The molecule has 1 aliphatic heterocycles. The van der Waals surface area contributed by atoms with Crippen molar-refractivity contribution >= 4 is 16.0 Å². The summed E-state index contributed by atoms with van der Waals surface area (Å²) in [5, 5.41) is 11.3. The fraction of sp³-hybridized carbons (Fsp3) is 0.875. The molecule has 0 aliphatic carbocycles. The van der Waals surface area contributed by atoms with E-state index in [0.29, 0.717) is 19.3 Å². The Balaban J connectivity index is 2.84. The van der Waals surface area contributed by atoms with Crippen molar-refractivity contribution in [3.8, 4) is 0 Å². The van der Waals surface area contributed by atoms with Gasteiger partial charge in [-0.15, -0.1) is 0 Å². The predicted molar refractivity (Wildman–Crippen MR) is 60.7 cm³/mol. The Labute approximate surface area is 108 Å². The van der Waals surface area contributed by atoms with Crippen LogP contribution in [0.5, 0.6) is 0 Å². The van der Waals surface area contributed by atoms with Crippen molar-refractivity contribution < 1.29 is 26.8 Å². The second-order valence-corrected chi connectivity index (χ2v) is 5.80. The number of rotatable bonds is 4. The summed E-state index contributed by atoms with van der Waals surface area (Å²) < 4.78 is 61.9. The first-order chi connectivity index (χ1) is 8.67. The van der Waals surface area contributed by atoms with Crippen molar-refractivity contribution in [1.82, 2.24) is 9.03 Å². The molecule has 1 fully saturated rings. The van der Waals surface area contributed by atoms with E-state index in [4.69, 9.17) is 10.9 Å². The molecule has 0 radical (unpaired) electrons. The SMILES string of the molecule is NC(=NO)C1CCCCN1S(=O)(=O)NCC(F)(F)F. The van der Waals surface area contributed by atoms with Crippen LogP contribution in [0.2, 0.25) is 0 Å². The maximum Gasteiger partial charge on any atom is 0.402 e. The normalized spacial score (nSPS) is 23.5. The summed E-state index contributed by atoms with van der Waals surface area (Å²) in [5.74, 6) is -0.336. The Hall–Kier alpha value is -1.07. The van der Waals surface area contributed by atoms with E-state index in [0.717, 1.165) is 4.31 Å². The van der Waals surface area contributed by atoms with Gasteiger partial charge in [-0.05, 0) is 12.8 Å². The second kappa shape index (κ2) is 5.92. The van der Waals surface area contributed by atoms with Crippen LogP contribution in [-0.2, 0) is 10.2 Å². The first-order valence-corrected chi connectivity index (χ1v) is 6.92. The summed E-state index contributed by atoms with van der Waals surface area (Å²) in [6, 6.07) is -0.926. The van der Waals surface area contributed by atoms with Crippen LogP contribution in [0.1, 0.15) is 19.3 Å². The maximum absolute atomic E-state index is 12.0. The lowest BCUT2D eigenvalue weighted by atomic mass is 10.0. The van der Waals surface area contributed by atoms with Gasteiger partial charge in [0.15, 0.2) is 5.84 Å². The third-order valence-corrected chi connectivity index (χ3v) is 4.24. The Morgan fingerprint density at radius 3 is 2.63 bits per heavy atom. The minimum Gasteiger partial charge on any atom is -0.409 e. The number of hydrogen-bond acceptors (Lipinski definition) is 4. The minimum atomic E-state index is -4.64. The molecular weight excluding hydrogens is 289 g/mol. The number of alkyl halides is 3. The molecule has 1 unspecified atom stereocenters. The largest absolute Gasteiger partial charge is 0.409 e. The molecule has 7 nitrogen and oxygen atoms in total. The highest BCUT2D eigenvalue weighted by Crippen LogP contribution is 2.21. The van der Waals surface area contributed by atoms with E-state index in [-0.39, 0.29) is 12.4 Å². The van der Waals surface area contributed by atoms with Gasteiger partial charge in [-0.25, -0.2) is 0 Å². The van der Waals surface area contributed by atoms with Gasteiger partial charge in [0.2, 0.25) is 0 Å². The van der Waals surface area contributed by atoms with Crippen molar-refractivity contribution in [3.63, 3.8) is 0 Å². The lowest BCUT2D eigenvalue weighted by Crippen LogP contribution is -2.55. The van der Waals surface area contributed by atoms with Gasteiger partial charge in [-0.1, -0.05) is 11.6 Å². The van der Waals surface area contributed by atoms with Crippen LogP contribution in [0.3, 0.4) is 0 Å². The Morgan fingerprint density at radius 2 is 2.11 bits per heavy atom. The van der Waals surface area contributed by atoms with Crippen LogP contribution in [0, 0.1) is 0 Å². The number of nitrogens with zero attached hydrogens (tertiary/aromatic N) is 2. The Kier molecular flexibility index (Phi) is 4.98. The van der Waals surface area contributed by atoms with E-state index in [1.165, 1.54) is 4.72 Å². The molecular formula is C8H15F3N4O3S. The first kappa shape index (κ1) is 16.0. The molecule has 112 valence electrons. The van der Waals surface area contributed by atoms with E-state index >= 15 is 0 Å². The quantitative estimate of drug-likeness (QED) is 0.294. The molecule has 1 saturated heterocycles. The number of oxime groups is 1. The van der Waals surface area contributed by atoms with Gasteiger partial charge < -0.3 is 10.9 Å². The zero-order valence-corrected chi connectivity index (χ0v) is 10.7. The van der Waals surface area contributed by atoms with Crippen LogP contribution < -0.4 is 10.5 Å². The Bertz CT molecular complexity index is 437. The molecule has 19 heavy (non-hydrogen) atoms. The molecule has 0 aromatic rings. The highest BCUT2D eigenvalue weighted by atomic mass is 32.2. The molecule has 0 aromatic carbocycles. The first-order valence-electron chi connectivity index (χ1n) is 5.48. The Morgan fingerprint density at radius 1 is 1.47 bits per heavy atom. The molecule has 1 atom stereocenters. The van der Waals surface area contributed by atoms with Crippen LogP contribution >= 0.6 is 0 Å². The maximum atomic E-state index is 12.0. The van der Waals surface area contributed by atoms with E-state index in [2.05, 4.69) is 5.16 Å². The second-order valence-electron chi connectivity index (χ2n) is 4.09. The van der Waals surface area contributed by atoms with Gasteiger partial charge in [0.05, 0.1) is 6.04 Å². The third-order valence-electron chi connectivity index (χ3n) is 2.67. The van der Waals surface area contributed by atoms with E-state index in [1.54, 1.807) is 0 Å². The average Bonchev–Trinajstić information content (AvgIpc) is 2.35. The lowest BCUT2D eigenvalue weighted by molar-refractivity contribution is -0.121. The standard InChI is InChI=1S/C8H15F3N4O3S/c9-8(10,11)5-13-19(17,18)15-4-2-1-3-6(15)7(12)14-16/h6,13,16H,1-5H2,(H2,12,14). The molecule has 1 rings (SSSR count). The van der Waals surface area contributed by atoms with Crippen molar-refractivity contribution in [1.29, 1.82) is 0 Å². The van der Waals surface area contributed by atoms with Gasteiger partial charge in [-0.2, -0.15) is 30.6 Å². The molecule has 1 aliphatic rings. The molecule has 0 saturated carbocycles. The monoisotopic (exact) mass is 304 g/mol. The van der Waals surface area contributed by atoms with Crippen LogP contribution in [0.15, 0.2) is 5.16 Å². The summed E-state index contributed by atoms with van der Waals surface area (Å²) >= 11 is 0. The summed E-state index contributed by atoms with van der Waals surface area (Å²) in [4.78, 5) is 0. The highest BCUT2D eigenvalue weighted by Gasteiger charge is 2.37. The molecule has 11 heteroatoms. The third kappa shape index (κ3) is 4.51. The minimum absolute atomic E-state index is 0.0219. The number of nitrogens with one attached hydrogen (secondary N) is 1. The number of nitrogens with two attached hydrogens (primary N) is 1. The van der Waals surface area contributed by atoms with E-state index in [1.807, 2.05) is 0 Å². The van der Waals surface area contributed by atoms with Crippen molar-refractivity contribution in [3.05, 3.63) is 0 Å². The number of piperidine rings is 1. The molecule has 1 heterocycles. The fourth-order valence-electron chi connectivity index (χ4n) is 1.81. The summed E-state index contributed by atoms with van der Waals surface area (Å²) in [7, 11) is -4.33. The molecule has 0 bridgehead atoms. The van der Waals surface area contributed by atoms with Gasteiger partial charge >= 0.3 is 6.18 Å². The van der Waals surface area contributed by atoms with E-state index in [9.17, 15) is 21.6 Å². The van der Waals surface area contributed by atoms with Crippen molar-refractivity contribution in [2.24, 2.45) is 10.9 Å². The van der Waals surface area contributed by atoms with Crippen molar-refractivity contribution in [2.45, 2.75) is 31.5 Å². The topological polar surface area (TPSA) is 108 Å².